The first-order chi connectivity index (χ1) is 12.6. The number of nitrogens with one attached hydrogen (secondary N) is 1. The molecule has 1 amide bonds. The number of aliphatic carboxylic acids is 1. The first-order valence-electron chi connectivity index (χ1n) is 8.56. The third-order valence-corrected chi connectivity index (χ3v) is 4.41. The van der Waals surface area contributed by atoms with Crippen LogP contribution in [0, 0.1) is 0 Å². The highest BCUT2D eigenvalue weighted by atomic mass is 16.5. The molecule has 0 radical (unpaired) electrons. The largest absolute Gasteiger partial charge is 0.481 e. The second-order valence-corrected chi connectivity index (χ2v) is 6.28. The number of fused-ring (bicyclic) bond motifs is 3. The number of amides is 1. The van der Waals surface area contributed by atoms with Crippen LogP contribution in [0.15, 0.2) is 60.7 Å². The Morgan fingerprint density at radius 1 is 1.12 bits per heavy atom. The molecule has 1 aliphatic carbocycles. The van der Waals surface area contributed by atoms with Gasteiger partial charge in [0.1, 0.15) is 6.61 Å². The molecule has 1 atom stereocenters. The zero-order chi connectivity index (χ0) is 18.5. The molecule has 3 rings (SSSR count). The van der Waals surface area contributed by atoms with Gasteiger partial charge in [-0.05, 0) is 29.2 Å². The van der Waals surface area contributed by atoms with Crippen LogP contribution < -0.4 is 5.32 Å². The summed E-state index contributed by atoms with van der Waals surface area (Å²) in [7, 11) is 0. The summed E-state index contributed by atoms with van der Waals surface area (Å²) in [6.07, 6.45) is 2.56. The molecule has 0 unspecified atom stereocenters. The van der Waals surface area contributed by atoms with Gasteiger partial charge < -0.3 is 15.2 Å². The van der Waals surface area contributed by atoms with Crippen molar-refractivity contribution in [3.63, 3.8) is 0 Å². The molecule has 0 spiro atoms. The van der Waals surface area contributed by atoms with Crippen LogP contribution in [-0.4, -0.2) is 29.8 Å². The normalized spacial score (nSPS) is 13.9. The number of carbonyl (C=O) groups excluding carboxylic acids is 1. The summed E-state index contributed by atoms with van der Waals surface area (Å²) in [5.41, 5.74) is 4.69. The standard InChI is InChI=1S/C21H21NO4/c1-14(7-6-12-20(23)24)22-21(25)26-13-19-17-10-4-2-8-15(17)16-9-3-5-11-18(16)19/h2-11,14,19H,12-13H2,1H3,(H,22,25)(H,23,24)/b7-6-/t14-/m0/s1. The predicted molar refractivity (Wildman–Crippen MR) is 99.1 cm³/mol. The Balaban J connectivity index is 1.62. The van der Waals surface area contributed by atoms with Crippen LogP contribution >= 0.6 is 0 Å². The first kappa shape index (κ1) is 17.7. The maximum Gasteiger partial charge on any atom is 0.407 e. The second-order valence-electron chi connectivity index (χ2n) is 6.28. The predicted octanol–water partition coefficient (Wildman–Crippen LogP) is 3.94. The minimum atomic E-state index is -0.908. The van der Waals surface area contributed by atoms with Gasteiger partial charge in [-0.3, -0.25) is 4.79 Å². The number of carbonyl (C=O) groups is 2. The van der Waals surface area contributed by atoms with E-state index in [-0.39, 0.29) is 25.0 Å². The maximum absolute atomic E-state index is 12.0. The van der Waals surface area contributed by atoms with Gasteiger partial charge in [-0.25, -0.2) is 4.79 Å². The maximum atomic E-state index is 12.0. The molecule has 0 saturated carbocycles. The minimum absolute atomic E-state index is 0.0195. The van der Waals surface area contributed by atoms with E-state index >= 15 is 0 Å². The molecule has 2 aromatic rings. The SMILES string of the molecule is C[C@@H](/C=C\CC(=O)O)NC(=O)OCC1c2ccccc2-c2ccccc21. The lowest BCUT2D eigenvalue weighted by Gasteiger charge is -2.16. The van der Waals surface area contributed by atoms with E-state index in [1.54, 1.807) is 13.0 Å². The molecule has 2 aromatic carbocycles. The Bertz CT molecular complexity index is 798. The van der Waals surface area contributed by atoms with Crippen molar-refractivity contribution in [2.24, 2.45) is 0 Å². The molecule has 1 aliphatic rings. The minimum Gasteiger partial charge on any atom is -0.481 e. The van der Waals surface area contributed by atoms with Crippen molar-refractivity contribution in [1.82, 2.24) is 5.32 Å². The summed E-state index contributed by atoms with van der Waals surface area (Å²) >= 11 is 0. The lowest BCUT2D eigenvalue weighted by atomic mass is 9.98. The van der Waals surface area contributed by atoms with Gasteiger partial charge >= 0.3 is 12.1 Å². The summed E-state index contributed by atoms with van der Waals surface area (Å²) in [6, 6.07) is 16.0. The van der Waals surface area contributed by atoms with Crippen LogP contribution in [0.1, 0.15) is 30.4 Å². The summed E-state index contributed by atoms with van der Waals surface area (Å²) in [5.74, 6) is -0.888. The molecule has 5 heteroatoms. The van der Waals surface area contributed by atoms with Crippen molar-refractivity contribution in [2.45, 2.75) is 25.3 Å². The Morgan fingerprint density at radius 2 is 1.69 bits per heavy atom. The van der Waals surface area contributed by atoms with Gasteiger partial charge in [0.05, 0.1) is 6.42 Å². The molecule has 0 aliphatic heterocycles. The number of hydrogen-bond acceptors (Lipinski definition) is 3. The van der Waals surface area contributed by atoms with Crippen molar-refractivity contribution >= 4 is 12.1 Å². The fraction of sp³-hybridized carbons (Fsp3) is 0.238. The van der Waals surface area contributed by atoms with Crippen LogP contribution in [0.4, 0.5) is 4.79 Å². The molecule has 0 heterocycles. The van der Waals surface area contributed by atoms with E-state index in [1.807, 2.05) is 24.3 Å². The topological polar surface area (TPSA) is 75.6 Å². The van der Waals surface area contributed by atoms with Gasteiger partial charge in [-0.2, -0.15) is 0 Å². The zero-order valence-corrected chi connectivity index (χ0v) is 14.5. The third-order valence-electron chi connectivity index (χ3n) is 4.41. The van der Waals surface area contributed by atoms with E-state index in [2.05, 4.69) is 29.6 Å². The fourth-order valence-corrected chi connectivity index (χ4v) is 3.25. The molecule has 0 fully saturated rings. The number of carboxylic acids is 1. The fourth-order valence-electron chi connectivity index (χ4n) is 3.25. The van der Waals surface area contributed by atoms with E-state index in [0.29, 0.717) is 0 Å². The number of rotatable bonds is 6. The Kier molecular flexibility index (Phi) is 5.37. The number of carboxylic acid groups (broad SMARTS) is 1. The Hall–Kier alpha value is -3.08. The smallest absolute Gasteiger partial charge is 0.407 e. The molecular formula is C21H21NO4. The summed E-state index contributed by atoms with van der Waals surface area (Å²) in [5, 5.41) is 11.3. The van der Waals surface area contributed by atoms with Crippen LogP contribution in [0.3, 0.4) is 0 Å². The monoisotopic (exact) mass is 351 g/mol. The van der Waals surface area contributed by atoms with Gasteiger partial charge in [-0.1, -0.05) is 60.7 Å². The van der Waals surface area contributed by atoms with Crippen molar-refractivity contribution in [3.05, 3.63) is 71.8 Å². The van der Waals surface area contributed by atoms with Gasteiger partial charge in [0, 0.05) is 12.0 Å². The highest BCUT2D eigenvalue weighted by molar-refractivity contribution is 5.79. The van der Waals surface area contributed by atoms with E-state index in [4.69, 9.17) is 9.84 Å². The Labute approximate surface area is 152 Å². The van der Waals surface area contributed by atoms with Gasteiger partial charge in [-0.15, -0.1) is 0 Å². The van der Waals surface area contributed by atoms with Gasteiger partial charge in [0.25, 0.3) is 0 Å². The van der Waals surface area contributed by atoms with Gasteiger partial charge in [0.15, 0.2) is 0 Å². The number of hydrogen-bond donors (Lipinski definition) is 2. The van der Waals surface area contributed by atoms with E-state index in [9.17, 15) is 9.59 Å². The third kappa shape index (κ3) is 3.94. The van der Waals surface area contributed by atoms with Crippen LogP contribution in [-0.2, 0) is 9.53 Å². The Morgan fingerprint density at radius 3 is 2.27 bits per heavy atom. The molecular weight excluding hydrogens is 330 g/mol. The molecule has 0 aromatic heterocycles. The first-order valence-corrected chi connectivity index (χ1v) is 8.56. The van der Waals surface area contributed by atoms with E-state index in [1.165, 1.54) is 17.2 Å². The highest BCUT2D eigenvalue weighted by Crippen LogP contribution is 2.44. The van der Waals surface area contributed by atoms with Crippen molar-refractivity contribution in [2.75, 3.05) is 6.61 Å². The second kappa shape index (κ2) is 7.87. The van der Waals surface area contributed by atoms with Crippen molar-refractivity contribution in [1.29, 1.82) is 0 Å². The molecule has 2 N–H and O–H groups in total. The van der Waals surface area contributed by atoms with Crippen LogP contribution in [0.25, 0.3) is 11.1 Å². The zero-order valence-electron chi connectivity index (χ0n) is 14.5. The summed E-state index contributed by atoms with van der Waals surface area (Å²) < 4.78 is 5.44. The average molecular weight is 351 g/mol. The molecule has 26 heavy (non-hydrogen) atoms. The lowest BCUT2D eigenvalue weighted by molar-refractivity contribution is -0.136. The summed E-state index contributed by atoms with van der Waals surface area (Å²) in [4.78, 5) is 22.5. The number of ether oxygens (including phenoxy) is 1. The number of benzene rings is 2. The lowest BCUT2D eigenvalue weighted by Crippen LogP contribution is -2.32. The van der Waals surface area contributed by atoms with Crippen molar-refractivity contribution in [3.8, 4) is 11.1 Å². The molecule has 0 saturated heterocycles. The van der Waals surface area contributed by atoms with Crippen molar-refractivity contribution < 1.29 is 19.4 Å². The quantitative estimate of drug-likeness (QED) is 0.773. The highest BCUT2D eigenvalue weighted by Gasteiger charge is 2.28. The van der Waals surface area contributed by atoms with Crippen LogP contribution in [0.2, 0.25) is 0 Å². The molecule has 134 valence electrons. The van der Waals surface area contributed by atoms with E-state index in [0.717, 1.165) is 11.1 Å². The molecule has 0 bridgehead atoms. The average Bonchev–Trinajstić information content (AvgIpc) is 2.93. The van der Waals surface area contributed by atoms with E-state index < -0.39 is 12.1 Å². The molecule has 5 nitrogen and oxygen atoms in total. The van der Waals surface area contributed by atoms with Crippen LogP contribution in [0.5, 0.6) is 0 Å². The number of alkyl carbamates (subject to hydrolysis) is 1. The summed E-state index contributed by atoms with van der Waals surface area (Å²) in [6.45, 7) is 2.02. The van der Waals surface area contributed by atoms with Gasteiger partial charge in [0.2, 0.25) is 0 Å².